The van der Waals surface area contributed by atoms with Crippen molar-refractivity contribution < 1.29 is 23.8 Å². The molecule has 0 saturated carbocycles. The summed E-state index contributed by atoms with van der Waals surface area (Å²) >= 11 is 2.17. The minimum Gasteiger partial charge on any atom is -0.477 e. The van der Waals surface area contributed by atoms with Crippen molar-refractivity contribution in [2.24, 2.45) is 0 Å². The number of carbonyl (C=O) groups excluding carboxylic acids is 1. The van der Waals surface area contributed by atoms with Crippen LogP contribution in [0.3, 0.4) is 0 Å². The number of benzene rings is 3. The second kappa shape index (κ2) is 9.33. The first kappa shape index (κ1) is 20.5. The summed E-state index contributed by atoms with van der Waals surface area (Å²) in [5.41, 5.74) is -0.0725. The standard InChI is InChI=1S/C22H15FINO4/c23-17-6-2-1-5-16(17)21(26)25-19(22(27)28)13-14-9-11-15(12-10-14)29-20-8-4-3-7-18(20)24/h1-13H,(H,25,26)(H,27,28). The highest BCUT2D eigenvalue weighted by atomic mass is 127. The summed E-state index contributed by atoms with van der Waals surface area (Å²) < 4.78 is 20.5. The number of carboxylic acid groups (broad SMARTS) is 1. The Kier molecular flexibility index (Phi) is 6.61. The highest BCUT2D eigenvalue weighted by Gasteiger charge is 2.16. The van der Waals surface area contributed by atoms with E-state index < -0.39 is 17.7 Å². The van der Waals surface area contributed by atoms with Gasteiger partial charge in [0, 0.05) is 0 Å². The number of carboxylic acids is 1. The van der Waals surface area contributed by atoms with Crippen LogP contribution >= 0.6 is 22.6 Å². The monoisotopic (exact) mass is 503 g/mol. The molecule has 0 radical (unpaired) electrons. The molecule has 7 heteroatoms. The number of rotatable bonds is 6. The zero-order chi connectivity index (χ0) is 20.8. The Morgan fingerprint density at radius 3 is 2.28 bits per heavy atom. The molecule has 0 atom stereocenters. The summed E-state index contributed by atoms with van der Waals surface area (Å²) in [5, 5.41) is 11.6. The molecule has 0 fully saturated rings. The second-order valence-electron chi connectivity index (χ2n) is 5.90. The topological polar surface area (TPSA) is 75.6 Å². The number of aliphatic carboxylic acids is 1. The van der Waals surface area contributed by atoms with Gasteiger partial charge in [-0.1, -0.05) is 36.4 Å². The highest BCUT2D eigenvalue weighted by molar-refractivity contribution is 14.1. The second-order valence-corrected chi connectivity index (χ2v) is 7.06. The predicted octanol–water partition coefficient (Wildman–Crippen LogP) is 5.08. The zero-order valence-electron chi connectivity index (χ0n) is 14.9. The molecule has 0 saturated heterocycles. The Hall–Kier alpha value is -3.20. The van der Waals surface area contributed by atoms with Gasteiger partial charge in [0.2, 0.25) is 0 Å². The average molecular weight is 503 g/mol. The molecule has 0 aliphatic heterocycles. The summed E-state index contributed by atoms with van der Waals surface area (Å²) in [5.74, 6) is -1.62. The molecule has 0 aromatic heterocycles. The number of hydrogen-bond acceptors (Lipinski definition) is 3. The summed E-state index contributed by atoms with van der Waals surface area (Å²) in [6.07, 6.45) is 1.29. The summed E-state index contributed by atoms with van der Waals surface area (Å²) in [6.45, 7) is 0. The fraction of sp³-hybridized carbons (Fsp3) is 0. The Labute approximate surface area is 180 Å². The lowest BCUT2D eigenvalue weighted by Crippen LogP contribution is -2.27. The smallest absolute Gasteiger partial charge is 0.352 e. The lowest BCUT2D eigenvalue weighted by Gasteiger charge is -2.09. The third-order valence-corrected chi connectivity index (χ3v) is 4.74. The van der Waals surface area contributed by atoms with E-state index >= 15 is 0 Å². The van der Waals surface area contributed by atoms with E-state index in [4.69, 9.17) is 4.74 Å². The third-order valence-electron chi connectivity index (χ3n) is 3.85. The molecule has 1 amide bonds. The number of para-hydroxylation sites is 1. The van der Waals surface area contributed by atoms with Crippen LogP contribution in [0.1, 0.15) is 15.9 Å². The van der Waals surface area contributed by atoms with E-state index in [9.17, 15) is 19.1 Å². The molecular formula is C22H15FINO4. The quantitative estimate of drug-likeness (QED) is 0.364. The SMILES string of the molecule is O=C(O)C(=Cc1ccc(Oc2ccccc2I)cc1)NC(=O)c1ccccc1F. The van der Waals surface area contributed by atoms with Crippen molar-refractivity contribution in [3.63, 3.8) is 0 Å². The Morgan fingerprint density at radius 1 is 0.966 bits per heavy atom. The lowest BCUT2D eigenvalue weighted by atomic mass is 10.1. The Morgan fingerprint density at radius 2 is 1.62 bits per heavy atom. The Bertz CT molecular complexity index is 1080. The van der Waals surface area contributed by atoms with Crippen LogP contribution in [0.15, 0.2) is 78.5 Å². The van der Waals surface area contributed by atoms with Gasteiger partial charge in [-0.2, -0.15) is 0 Å². The van der Waals surface area contributed by atoms with Crippen molar-refractivity contribution in [3.8, 4) is 11.5 Å². The summed E-state index contributed by atoms with van der Waals surface area (Å²) in [4.78, 5) is 23.7. The number of halogens is 2. The molecule has 0 spiro atoms. The molecule has 29 heavy (non-hydrogen) atoms. The third kappa shape index (κ3) is 5.41. The molecular weight excluding hydrogens is 488 g/mol. The van der Waals surface area contributed by atoms with Crippen LogP contribution in [0.25, 0.3) is 6.08 Å². The predicted molar refractivity (Wildman–Crippen MR) is 115 cm³/mol. The van der Waals surface area contributed by atoms with Crippen molar-refractivity contribution in [1.82, 2.24) is 5.32 Å². The van der Waals surface area contributed by atoms with Gasteiger partial charge >= 0.3 is 5.97 Å². The number of ether oxygens (including phenoxy) is 1. The van der Waals surface area contributed by atoms with E-state index in [0.29, 0.717) is 17.1 Å². The highest BCUT2D eigenvalue weighted by Crippen LogP contribution is 2.26. The molecule has 146 valence electrons. The number of hydrogen-bond donors (Lipinski definition) is 2. The fourth-order valence-corrected chi connectivity index (χ4v) is 2.94. The van der Waals surface area contributed by atoms with Crippen LogP contribution in [0, 0.1) is 9.39 Å². The fourth-order valence-electron chi connectivity index (χ4n) is 2.44. The van der Waals surface area contributed by atoms with Crippen LogP contribution in [0.5, 0.6) is 11.5 Å². The van der Waals surface area contributed by atoms with E-state index in [1.807, 2.05) is 24.3 Å². The lowest BCUT2D eigenvalue weighted by molar-refractivity contribution is -0.132. The van der Waals surface area contributed by atoms with Gasteiger partial charge in [-0.25, -0.2) is 9.18 Å². The van der Waals surface area contributed by atoms with Crippen molar-refractivity contribution in [1.29, 1.82) is 0 Å². The minimum atomic E-state index is -1.34. The molecule has 0 bridgehead atoms. The van der Waals surface area contributed by atoms with Gasteiger partial charge in [0.15, 0.2) is 0 Å². The van der Waals surface area contributed by atoms with Gasteiger partial charge in [-0.05, 0) is 70.6 Å². The first-order chi connectivity index (χ1) is 13.9. The van der Waals surface area contributed by atoms with Crippen LogP contribution in [0.4, 0.5) is 4.39 Å². The molecule has 2 N–H and O–H groups in total. The first-order valence-electron chi connectivity index (χ1n) is 8.47. The van der Waals surface area contributed by atoms with E-state index in [1.54, 1.807) is 24.3 Å². The van der Waals surface area contributed by atoms with Crippen LogP contribution in [-0.2, 0) is 4.79 Å². The molecule has 3 rings (SSSR count). The summed E-state index contributed by atoms with van der Waals surface area (Å²) in [7, 11) is 0. The molecule has 0 unspecified atom stereocenters. The minimum absolute atomic E-state index is 0.235. The summed E-state index contributed by atoms with van der Waals surface area (Å²) in [6, 6.07) is 19.6. The molecule has 3 aromatic rings. The van der Waals surface area contributed by atoms with Crippen molar-refractivity contribution in [2.45, 2.75) is 0 Å². The van der Waals surface area contributed by atoms with Crippen LogP contribution < -0.4 is 10.1 Å². The zero-order valence-corrected chi connectivity index (χ0v) is 17.1. The average Bonchev–Trinajstić information content (AvgIpc) is 2.70. The molecule has 0 heterocycles. The molecule has 0 aliphatic rings. The normalized spacial score (nSPS) is 11.0. The van der Waals surface area contributed by atoms with Crippen molar-refractivity contribution >= 4 is 40.5 Å². The molecule has 0 aliphatic carbocycles. The number of nitrogens with one attached hydrogen (secondary N) is 1. The van der Waals surface area contributed by atoms with Gasteiger partial charge in [0.1, 0.15) is 23.0 Å². The Balaban J connectivity index is 1.77. The van der Waals surface area contributed by atoms with Gasteiger partial charge in [-0.3, -0.25) is 4.79 Å². The van der Waals surface area contributed by atoms with E-state index in [1.165, 1.54) is 24.3 Å². The van der Waals surface area contributed by atoms with Crippen LogP contribution in [0.2, 0.25) is 0 Å². The maximum Gasteiger partial charge on any atom is 0.352 e. The van der Waals surface area contributed by atoms with E-state index in [-0.39, 0.29) is 11.3 Å². The van der Waals surface area contributed by atoms with Gasteiger partial charge < -0.3 is 15.2 Å². The van der Waals surface area contributed by atoms with Gasteiger partial charge in [-0.15, -0.1) is 0 Å². The van der Waals surface area contributed by atoms with Crippen molar-refractivity contribution in [2.75, 3.05) is 0 Å². The number of amides is 1. The van der Waals surface area contributed by atoms with E-state index in [2.05, 4.69) is 27.9 Å². The largest absolute Gasteiger partial charge is 0.477 e. The van der Waals surface area contributed by atoms with Gasteiger partial charge in [0.25, 0.3) is 5.91 Å². The number of carbonyl (C=O) groups is 2. The van der Waals surface area contributed by atoms with Gasteiger partial charge in [0.05, 0.1) is 9.13 Å². The van der Waals surface area contributed by atoms with E-state index in [0.717, 1.165) is 9.64 Å². The maximum absolute atomic E-state index is 13.7. The molecule has 3 aromatic carbocycles. The van der Waals surface area contributed by atoms with Crippen LogP contribution in [-0.4, -0.2) is 17.0 Å². The van der Waals surface area contributed by atoms with Crippen molar-refractivity contribution in [3.05, 3.63) is 99.0 Å². The maximum atomic E-state index is 13.7. The first-order valence-corrected chi connectivity index (χ1v) is 9.55. The molecule has 5 nitrogen and oxygen atoms in total.